The first kappa shape index (κ1) is 12.3. The van der Waals surface area contributed by atoms with E-state index in [9.17, 15) is 4.79 Å². The van der Waals surface area contributed by atoms with Crippen LogP contribution in [-0.2, 0) is 0 Å². The average molecular weight is 267 g/mol. The van der Waals surface area contributed by atoms with Gasteiger partial charge in [0.05, 0.1) is 5.56 Å². The molecule has 0 radical (unpaired) electrons. The van der Waals surface area contributed by atoms with Crippen LogP contribution < -0.4 is 4.74 Å². The van der Waals surface area contributed by atoms with Crippen molar-refractivity contribution in [1.82, 2.24) is 4.98 Å². The minimum atomic E-state index is -0.950. The zero-order valence-corrected chi connectivity index (χ0v) is 10.9. The van der Waals surface area contributed by atoms with Crippen molar-refractivity contribution < 1.29 is 14.6 Å². The molecule has 1 aromatic heterocycles. The first-order valence-corrected chi connectivity index (χ1v) is 6.23. The molecule has 0 saturated carbocycles. The maximum Gasteiger partial charge on any atom is 0.336 e. The lowest BCUT2D eigenvalue weighted by Crippen LogP contribution is -2.00. The Hall–Kier alpha value is -2.75. The van der Waals surface area contributed by atoms with Gasteiger partial charge in [-0.25, -0.2) is 4.79 Å². The number of benzene rings is 2. The number of aromatic carboxylic acids is 1. The summed E-state index contributed by atoms with van der Waals surface area (Å²) in [6.45, 7) is 1.74. The number of hydrogen-bond donors (Lipinski definition) is 2. The van der Waals surface area contributed by atoms with Gasteiger partial charge in [-0.15, -0.1) is 0 Å². The molecule has 1 heterocycles. The van der Waals surface area contributed by atoms with Crippen LogP contribution >= 0.6 is 0 Å². The Bertz CT molecular complexity index is 789. The number of carboxylic acids is 1. The molecule has 3 rings (SSSR count). The zero-order chi connectivity index (χ0) is 14.1. The number of ether oxygens (including phenoxy) is 1. The number of hydrogen-bond acceptors (Lipinski definition) is 2. The van der Waals surface area contributed by atoms with E-state index >= 15 is 0 Å². The van der Waals surface area contributed by atoms with Gasteiger partial charge in [-0.1, -0.05) is 6.07 Å². The van der Waals surface area contributed by atoms with E-state index in [0.717, 1.165) is 10.9 Å². The second-order valence-corrected chi connectivity index (χ2v) is 4.56. The number of H-pyrrole nitrogens is 1. The fraction of sp³-hybridized carbons (Fsp3) is 0.0625. The molecule has 0 aliphatic carbocycles. The summed E-state index contributed by atoms with van der Waals surface area (Å²) in [7, 11) is 0. The van der Waals surface area contributed by atoms with Crippen LogP contribution in [0.5, 0.6) is 11.5 Å². The van der Waals surface area contributed by atoms with Gasteiger partial charge in [0.15, 0.2) is 0 Å². The first-order chi connectivity index (χ1) is 9.65. The van der Waals surface area contributed by atoms with E-state index in [1.165, 1.54) is 0 Å². The van der Waals surface area contributed by atoms with E-state index < -0.39 is 5.97 Å². The molecule has 0 fully saturated rings. The molecule has 3 aromatic rings. The Morgan fingerprint density at radius 3 is 2.85 bits per heavy atom. The molecule has 0 atom stereocenters. The van der Waals surface area contributed by atoms with Crippen molar-refractivity contribution in [1.29, 1.82) is 0 Å². The third-order valence-corrected chi connectivity index (χ3v) is 3.27. The molecule has 0 aliphatic heterocycles. The molecule has 2 aromatic carbocycles. The summed E-state index contributed by atoms with van der Waals surface area (Å²) in [5.41, 5.74) is 1.91. The van der Waals surface area contributed by atoms with Crippen LogP contribution in [0.1, 0.15) is 15.9 Å². The molecule has 0 unspecified atom stereocenters. The third-order valence-electron chi connectivity index (χ3n) is 3.27. The first-order valence-electron chi connectivity index (χ1n) is 6.23. The molecule has 2 N–H and O–H groups in total. The molecular weight excluding hydrogens is 254 g/mol. The number of carbonyl (C=O) groups is 1. The molecule has 0 bridgehead atoms. The molecule has 4 heteroatoms. The van der Waals surface area contributed by atoms with Gasteiger partial charge >= 0.3 is 5.97 Å². The highest BCUT2D eigenvalue weighted by Gasteiger charge is 2.11. The number of aromatic nitrogens is 1. The molecule has 0 saturated heterocycles. The van der Waals surface area contributed by atoms with Gasteiger partial charge in [0.25, 0.3) is 0 Å². The van der Waals surface area contributed by atoms with Crippen molar-refractivity contribution in [2.24, 2.45) is 0 Å². The Morgan fingerprint density at radius 2 is 2.05 bits per heavy atom. The summed E-state index contributed by atoms with van der Waals surface area (Å²) >= 11 is 0. The van der Waals surface area contributed by atoms with Crippen LogP contribution in [0.15, 0.2) is 48.7 Å². The van der Waals surface area contributed by atoms with Crippen LogP contribution in [0.4, 0.5) is 0 Å². The summed E-state index contributed by atoms with van der Waals surface area (Å²) < 4.78 is 5.80. The lowest BCUT2D eigenvalue weighted by molar-refractivity contribution is 0.0695. The lowest BCUT2D eigenvalue weighted by Gasteiger charge is -2.10. The zero-order valence-electron chi connectivity index (χ0n) is 10.9. The average Bonchev–Trinajstić information content (AvgIpc) is 2.88. The minimum Gasteiger partial charge on any atom is -0.478 e. The highest BCUT2D eigenvalue weighted by Crippen LogP contribution is 2.29. The molecule has 0 aliphatic rings. The van der Waals surface area contributed by atoms with Crippen LogP contribution in [0.2, 0.25) is 0 Å². The Morgan fingerprint density at radius 1 is 1.20 bits per heavy atom. The van der Waals surface area contributed by atoms with Crippen molar-refractivity contribution in [3.63, 3.8) is 0 Å². The SMILES string of the molecule is Cc1c(Oc2ccc3[nH]ccc3c2)cccc1C(=O)O. The van der Waals surface area contributed by atoms with E-state index in [-0.39, 0.29) is 5.56 Å². The van der Waals surface area contributed by atoms with E-state index in [0.29, 0.717) is 17.1 Å². The normalized spacial score (nSPS) is 10.7. The van der Waals surface area contributed by atoms with Gasteiger partial charge in [-0.3, -0.25) is 0 Å². The van der Waals surface area contributed by atoms with E-state index in [4.69, 9.17) is 9.84 Å². The topological polar surface area (TPSA) is 62.3 Å². The number of fused-ring (bicyclic) bond motifs is 1. The maximum absolute atomic E-state index is 11.1. The van der Waals surface area contributed by atoms with E-state index in [2.05, 4.69) is 4.98 Å². The highest BCUT2D eigenvalue weighted by atomic mass is 16.5. The Kier molecular flexibility index (Phi) is 2.91. The van der Waals surface area contributed by atoms with Crippen LogP contribution in [0.3, 0.4) is 0 Å². The molecular formula is C16H13NO3. The summed E-state index contributed by atoms with van der Waals surface area (Å²) in [5.74, 6) is 0.288. The minimum absolute atomic E-state index is 0.255. The highest BCUT2D eigenvalue weighted by molar-refractivity contribution is 5.90. The van der Waals surface area contributed by atoms with Crippen LogP contribution in [0.25, 0.3) is 10.9 Å². The van der Waals surface area contributed by atoms with Gasteiger partial charge in [0, 0.05) is 22.7 Å². The predicted molar refractivity (Wildman–Crippen MR) is 76.5 cm³/mol. The largest absolute Gasteiger partial charge is 0.478 e. The number of rotatable bonds is 3. The van der Waals surface area contributed by atoms with Crippen molar-refractivity contribution in [2.75, 3.05) is 0 Å². The molecule has 20 heavy (non-hydrogen) atoms. The number of carboxylic acid groups (broad SMARTS) is 1. The van der Waals surface area contributed by atoms with Crippen LogP contribution in [-0.4, -0.2) is 16.1 Å². The molecule has 100 valence electrons. The maximum atomic E-state index is 11.1. The predicted octanol–water partition coefficient (Wildman–Crippen LogP) is 3.97. The van der Waals surface area contributed by atoms with Crippen molar-refractivity contribution in [2.45, 2.75) is 6.92 Å². The van der Waals surface area contributed by atoms with Crippen LogP contribution in [0, 0.1) is 6.92 Å². The van der Waals surface area contributed by atoms with E-state index in [1.807, 2.05) is 30.5 Å². The quantitative estimate of drug-likeness (QED) is 0.754. The Balaban J connectivity index is 1.98. The van der Waals surface area contributed by atoms with Crippen molar-refractivity contribution in [3.8, 4) is 11.5 Å². The standard InChI is InChI=1S/C16H13NO3/c1-10-13(16(18)19)3-2-4-15(10)20-12-5-6-14-11(9-12)7-8-17-14/h2-9,17H,1H3,(H,18,19). The van der Waals surface area contributed by atoms with Gasteiger partial charge in [0.1, 0.15) is 11.5 Å². The number of aromatic amines is 1. The summed E-state index contributed by atoms with van der Waals surface area (Å²) in [6, 6.07) is 12.7. The molecule has 4 nitrogen and oxygen atoms in total. The van der Waals surface area contributed by atoms with Gasteiger partial charge in [-0.2, -0.15) is 0 Å². The lowest BCUT2D eigenvalue weighted by atomic mass is 10.1. The Labute approximate surface area is 115 Å². The van der Waals surface area contributed by atoms with Crippen molar-refractivity contribution in [3.05, 3.63) is 59.8 Å². The smallest absolute Gasteiger partial charge is 0.336 e. The fourth-order valence-corrected chi connectivity index (χ4v) is 2.18. The summed E-state index contributed by atoms with van der Waals surface area (Å²) in [4.78, 5) is 14.2. The van der Waals surface area contributed by atoms with Gasteiger partial charge in [0.2, 0.25) is 0 Å². The van der Waals surface area contributed by atoms with E-state index in [1.54, 1.807) is 25.1 Å². The van der Waals surface area contributed by atoms with Crippen molar-refractivity contribution >= 4 is 16.9 Å². The monoisotopic (exact) mass is 267 g/mol. The van der Waals surface area contributed by atoms with Gasteiger partial charge in [-0.05, 0) is 43.3 Å². The third kappa shape index (κ3) is 2.12. The second kappa shape index (κ2) is 4.74. The molecule has 0 spiro atoms. The molecule has 0 amide bonds. The second-order valence-electron chi connectivity index (χ2n) is 4.56. The summed E-state index contributed by atoms with van der Waals surface area (Å²) in [5, 5.41) is 10.2. The van der Waals surface area contributed by atoms with Gasteiger partial charge < -0.3 is 14.8 Å². The number of nitrogens with one attached hydrogen (secondary N) is 1. The summed E-state index contributed by atoms with van der Waals surface area (Å²) in [6.07, 6.45) is 1.87. The fourth-order valence-electron chi connectivity index (χ4n) is 2.18.